The van der Waals surface area contributed by atoms with Crippen molar-refractivity contribution in [2.24, 2.45) is 5.92 Å². The van der Waals surface area contributed by atoms with Crippen molar-refractivity contribution in [1.82, 2.24) is 5.32 Å². The second-order valence-electron chi connectivity index (χ2n) is 6.77. The predicted octanol–water partition coefficient (Wildman–Crippen LogP) is 5.86. The number of aryl methyl sites for hydroxylation is 1. The quantitative estimate of drug-likeness (QED) is 0.601. The summed E-state index contributed by atoms with van der Waals surface area (Å²) < 4.78 is 0. The Morgan fingerprint density at radius 3 is 2.33 bits per heavy atom. The third kappa shape index (κ3) is 5.73. The van der Waals surface area contributed by atoms with E-state index in [1.54, 1.807) is 0 Å². The van der Waals surface area contributed by atoms with Crippen LogP contribution in [0, 0.1) is 12.8 Å². The molecule has 2 rings (SSSR count). The molecule has 0 aromatic heterocycles. The topological polar surface area (TPSA) is 12.0 Å². The molecule has 2 aromatic carbocycles. The third-order valence-corrected chi connectivity index (χ3v) is 4.11. The maximum Gasteiger partial charge on any atom is 0.0184 e. The van der Waals surface area contributed by atoms with Crippen LogP contribution in [0.3, 0.4) is 0 Å². The molecule has 0 amide bonds. The van der Waals surface area contributed by atoms with E-state index in [1.807, 2.05) is 0 Å². The van der Waals surface area contributed by atoms with Gasteiger partial charge in [0.2, 0.25) is 0 Å². The summed E-state index contributed by atoms with van der Waals surface area (Å²) in [5.41, 5.74) is 6.37. The zero-order chi connectivity index (χ0) is 17.4. The molecular weight excluding hydrogens is 290 g/mol. The summed E-state index contributed by atoms with van der Waals surface area (Å²) in [7, 11) is 0. The van der Waals surface area contributed by atoms with Crippen LogP contribution in [-0.4, -0.2) is 6.54 Å². The number of rotatable bonds is 8. The Hall–Kier alpha value is -2.28. The van der Waals surface area contributed by atoms with Gasteiger partial charge in [0, 0.05) is 12.2 Å². The minimum Gasteiger partial charge on any atom is -0.388 e. The van der Waals surface area contributed by atoms with Crippen molar-refractivity contribution in [2.75, 3.05) is 6.54 Å². The molecule has 0 saturated carbocycles. The lowest BCUT2D eigenvalue weighted by Crippen LogP contribution is -2.17. The molecular formula is C23H29N. The monoisotopic (exact) mass is 319 g/mol. The van der Waals surface area contributed by atoms with Gasteiger partial charge in [-0.3, -0.25) is 0 Å². The Labute approximate surface area is 147 Å². The lowest BCUT2D eigenvalue weighted by atomic mass is 10.0. The average molecular weight is 319 g/mol. The normalized spacial score (nSPS) is 11.2. The highest BCUT2D eigenvalue weighted by Crippen LogP contribution is 2.16. The predicted molar refractivity (Wildman–Crippen MR) is 107 cm³/mol. The highest BCUT2D eigenvalue weighted by Gasteiger charge is 2.01. The first-order valence-corrected chi connectivity index (χ1v) is 8.79. The maximum absolute atomic E-state index is 4.11. The number of hydrogen-bond donors (Lipinski definition) is 1. The molecule has 0 heterocycles. The molecule has 126 valence electrons. The molecule has 0 aliphatic carbocycles. The van der Waals surface area contributed by atoms with Gasteiger partial charge in [-0.15, -0.1) is 0 Å². The Kier molecular flexibility index (Phi) is 6.87. The number of allylic oxidation sites excluding steroid dienone is 1. The number of benzene rings is 2. The van der Waals surface area contributed by atoms with Crippen LogP contribution in [-0.2, 0) is 6.42 Å². The lowest BCUT2D eigenvalue weighted by molar-refractivity contribution is 0.603. The second-order valence-corrected chi connectivity index (χ2v) is 6.77. The highest BCUT2D eigenvalue weighted by molar-refractivity contribution is 5.72. The van der Waals surface area contributed by atoms with E-state index >= 15 is 0 Å². The molecule has 0 aliphatic heterocycles. The summed E-state index contributed by atoms with van der Waals surface area (Å²) in [6.07, 6.45) is 6.47. The summed E-state index contributed by atoms with van der Waals surface area (Å²) in [6, 6.07) is 17.1. The first-order valence-electron chi connectivity index (χ1n) is 8.79. The fourth-order valence-electron chi connectivity index (χ4n) is 2.82. The first kappa shape index (κ1) is 18.1. The Morgan fingerprint density at radius 1 is 1.00 bits per heavy atom. The summed E-state index contributed by atoms with van der Waals surface area (Å²) in [6.45, 7) is 11.6. The minimum atomic E-state index is 0.648. The molecule has 0 bridgehead atoms. The third-order valence-electron chi connectivity index (χ3n) is 4.11. The van der Waals surface area contributed by atoms with Gasteiger partial charge in [0.15, 0.2) is 0 Å². The molecule has 0 fully saturated rings. The zero-order valence-corrected chi connectivity index (χ0v) is 15.2. The summed E-state index contributed by atoms with van der Waals surface area (Å²) in [5, 5.41) is 3.45. The Bertz CT molecular complexity index is 695. The summed E-state index contributed by atoms with van der Waals surface area (Å²) in [5.74, 6) is 0.648. The van der Waals surface area contributed by atoms with Crippen molar-refractivity contribution in [3.63, 3.8) is 0 Å². The van der Waals surface area contributed by atoms with Crippen LogP contribution in [0.2, 0.25) is 0 Å². The molecule has 24 heavy (non-hydrogen) atoms. The Morgan fingerprint density at radius 2 is 1.62 bits per heavy atom. The fourth-order valence-corrected chi connectivity index (χ4v) is 2.82. The molecule has 2 aromatic rings. The fraction of sp³-hybridized carbons (Fsp3) is 0.304. The summed E-state index contributed by atoms with van der Waals surface area (Å²) in [4.78, 5) is 0. The van der Waals surface area contributed by atoms with Crippen molar-refractivity contribution in [1.29, 1.82) is 0 Å². The molecule has 1 nitrogen and oxygen atoms in total. The van der Waals surface area contributed by atoms with Crippen LogP contribution < -0.4 is 5.32 Å². The largest absolute Gasteiger partial charge is 0.388 e. The number of hydrogen-bond acceptors (Lipinski definition) is 1. The molecule has 0 saturated heterocycles. The first-order chi connectivity index (χ1) is 11.6. The van der Waals surface area contributed by atoms with Crippen molar-refractivity contribution in [2.45, 2.75) is 33.6 Å². The average Bonchev–Trinajstić information content (AvgIpc) is 2.54. The van der Waals surface area contributed by atoms with Crippen LogP contribution in [0.5, 0.6) is 0 Å². The Balaban J connectivity index is 2.00. The van der Waals surface area contributed by atoms with E-state index in [0.717, 1.165) is 25.1 Å². The molecule has 0 unspecified atom stereocenters. The molecule has 0 aliphatic rings. The standard InChI is InChI=1S/C23H29N/c1-18(2)17-20(4)24-16-15-23-12-8-7-11-22(23)14-13-21-10-6-5-9-19(21)3/h5-14,18,24H,4,15-17H2,1-3H3/b14-13-. The van der Waals surface area contributed by atoms with E-state index in [1.165, 1.54) is 22.3 Å². The maximum atomic E-state index is 4.11. The van der Waals surface area contributed by atoms with Crippen molar-refractivity contribution in [3.8, 4) is 0 Å². The molecule has 0 atom stereocenters. The molecule has 0 spiro atoms. The van der Waals surface area contributed by atoms with Gasteiger partial charge in [0.25, 0.3) is 0 Å². The van der Waals surface area contributed by atoms with E-state index in [-0.39, 0.29) is 0 Å². The van der Waals surface area contributed by atoms with Crippen molar-refractivity contribution < 1.29 is 0 Å². The van der Waals surface area contributed by atoms with E-state index < -0.39 is 0 Å². The molecule has 1 N–H and O–H groups in total. The van der Waals surface area contributed by atoms with Crippen molar-refractivity contribution >= 4 is 12.2 Å². The second kappa shape index (κ2) is 9.12. The summed E-state index contributed by atoms with van der Waals surface area (Å²) >= 11 is 0. The lowest BCUT2D eigenvalue weighted by Gasteiger charge is -2.12. The van der Waals surface area contributed by atoms with Crippen LogP contribution in [0.15, 0.2) is 60.8 Å². The number of nitrogens with one attached hydrogen (secondary N) is 1. The van der Waals surface area contributed by atoms with Crippen molar-refractivity contribution in [3.05, 3.63) is 83.1 Å². The van der Waals surface area contributed by atoms with Gasteiger partial charge < -0.3 is 5.32 Å². The van der Waals surface area contributed by atoms with Crippen LogP contribution in [0.1, 0.15) is 42.5 Å². The van der Waals surface area contributed by atoms with Gasteiger partial charge in [-0.2, -0.15) is 0 Å². The zero-order valence-electron chi connectivity index (χ0n) is 15.2. The van der Waals surface area contributed by atoms with Gasteiger partial charge in [0.05, 0.1) is 0 Å². The van der Waals surface area contributed by atoms with Gasteiger partial charge >= 0.3 is 0 Å². The van der Waals surface area contributed by atoms with E-state index in [0.29, 0.717) is 5.92 Å². The van der Waals surface area contributed by atoms with E-state index in [4.69, 9.17) is 0 Å². The molecule has 1 heteroatoms. The molecule has 0 radical (unpaired) electrons. The van der Waals surface area contributed by atoms with E-state index in [2.05, 4.69) is 93.3 Å². The van der Waals surface area contributed by atoms with Gasteiger partial charge in [-0.25, -0.2) is 0 Å². The van der Waals surface area contributed by atoms with Gasteiger partial charge in [-0.1, -0.05) is 81.1 Å². The van der Waals surface area contributed by atoms with Crippen LogP contribution >= 0.6 is 0 Å². The van der Waals surface area contributed by atoms with Gasteiger partial charge in [-0.05, 0) is 47.9 Å². The highest BCUT2D eigenvalue weighted by atomic mass is 14.9. The van der Waals surface area contributed by atoms with Crippen LogP contribution in [0.25, 0.3) is 12.2 Å². The van der Waals surface area contributed by atoms with Gasteiger partial charge in [0.1, 0.15) is 0 Å². The smallest absolute Gasteiger partial charge is 0.0184 e. The van der Waals surface area contributed by atoms with Crippen LogP contribution in [0.4, 0.5) is 0 Å². The SMILES string of the molecule is C=C(CC(C)C)NCCc1ccccc1/C=C\c1ccccc1C. The van der Waals surface area contributed by atoms with E-state index in [9.17, 15) is 0 Å². The minimum absolute atomic E-state index is 0.648.